The third-order valence-electron chi connectivity index (χ3n) is 4.73. The second kappa shape index (κ2) is 8.74. The number of anilines is 2. The van der Waals surface area contributed by atoms with Gasteiger partial charge >= 0.3 is 0 Å². The Balaban J connectivity index is 1.68. The first-order valence-electron chi connectivity index (χ1n) is 9.36. The molecule has 1 aromatic carbocycles. The number of thiophene rings is 1. The van der Waals surface area contributed by atoms with E-state index in [1.807, 2.05) is 48.9 Å². The summed E-state index contributed by atoms with van der Waals surface area (Å²) in [6, 6.07) is 10.4. The molecule has 4 aromatic rings. The van der Waals surface area contributed by atoms with Gasteiger partial charge in [-0.15, -0.1) is 11.3 Å². The third-order valence-corrected chi connectivity index (χ3v) is 6.31. The lowest BCUT2D eigenvalue weighted by Crippen LogP contribution is -2.28. The molecule has 1 atom stereocenters. The fourth-order valence-electron chi connectivity index (χ4n) is 3.18. The Kier molecular flexibility index (Phi) is 6.04. The number of aromatic nitrogens is 4. The van der Waals surface area contributed by atoms with Gasteiger partial charge in [-0.25, -0.2) is 9.67 Å². The quantitative estimate of drug-likeness (QED) is 0.400. The number of nitrogens with zero attached hydrogens (tertiary/aromatic N) is 4. The Morgan fingerprint density at radius 3 is 2.65 bits per heavy atom. The summed E-state index contributed by atoms with van der Waals surface area (Å²) in [7, 11) is 1.59. The first-order valence-corrected chi connectivity index (χ1v) is 10.9. The molecule has 31 heavy (non-hydrogen) atoms. The molecule has 10 heteroatoms. The van der Waals surface area contributed by atoms with Crippen LogP contribution in [-0.2, 0) is 0 Å². The Morgan fingerprint density at radius 2 is 2.00 bits per heavy atom. The van der Waals surface area contributed by atoms with Crippen LogP contribution < -0.4 is 15.6 Å². The number of ether oxygens (including phenoxy) is 1. The number of methoxy groups -OCH3 is 1. The molecular formula is C21H19Cl2N5O2S. The van der Waals surface area contributed by atoms with Crippen molar-refractivity contribution in [3.05, 3.63) is 79.3 Å². The molecule has 0 aliphatic rings. The molecule has 0 unspecified atom stereocenters. The SMILES string of the molecule is COc1cc(Nc2cc(Cl)nn([C@@H](C)c3ccc(Cl)s3)c2=O)ccc1-n1cnc(C)c1. The highest BCUT2D eigenvalue weighted by Gasteiger charge is 2.17. The lowest BCUT2D eigenvalue weighted by Gasteiger charge is -2.16. The van der Waals surface area contributed by atoms with Crippen LogP contribution in [0.2, 0.25) is 9.49 Å². The normalized spacial score (nSPS) is 12.0. The maximum atomic E-state index is 13.1. The zero-order valence-corrected chi connectivity index (χ0v) is 19.3. The Morgan fingerprint density at radius 1 is 1.19 bits per heavy atom. The van der Waals surface area contributed by atoms with Crippen molar-refractivity contribution >= 4 is 45.9 Å². The zero-order valence-electron chi connectivity index (χ0n) is 17.0. The highest BCUT2D eigenvalue weighted by atomic mass is 35.5. The number of rotatable bonds is 6. The summed E-state index contributed by atoms with van der Waals surface area (Å²) in [5.41, 5.74) is 2.42. The highest BCUT2D eigenvalue weighted by Crippen LogP contribution is 2.30. The number of hydrogen-bond donors (Lipinski definition) is 1. The predicted molar refractivity (Wildman–Crippen MR) is 125 cm³/mol. The summed E-state index contributed by atoms with van der Waals surface area (Å²) < 4.78 is 9.42. The van der Waals surface area contributed by atoms with Crippen molar-refractivity contribution < 1.29 is 4.74 Å². The van der Waals surface area contributed by atoms with Crippen LogP contribution in [0.3, 0.4) is 0 Å². The van der Waals surface area contributed by atoms with Crippen molar-refractivity contribution in [1.29, 1.82) is 0 Å². The molecule has 0 spiro atoms. The molecule has 0 saturated carbocycles. The van der Waals surface area contributed by atoms with Crippen LogP contribution in [0.1, 0.15) is 23.5 Å². The number of halogens is 2. The van der Waals surface area contributed by atoms with Crippen molar-refractivity contribution in [2.45, 2.75) is 19.9 Å². The molecule has 0 aliphatic heterocycles. The smallest absolute Gasteiger partial charge is 0.291 e. The van der Waals surface area contributed by atoms with Crippen molar-refractivity contribution in [3.63, 3.8) is 0 Å². The van der Waals surface area contributed by atoms with Crippen LogP contribution in [0, 0.1) is 6.92 Å². The molecule has 160 valence electrons. The standard InChI is InChI=1S/C21H19Cl2N5O2S/c1-12-10-27(11-24-12)16-5-4-14(8-17(16)30-3)25-15-9-19(22)26-28(21(15)29)13(2)18-6-7-20(23)31-18/h4-11,13,25H,1-3H3/t13-/m0/s1. The summed E-state index contributed by atoms with van der Waals surface area (Å²) >= 11 is 13.7. The Bertz CT molecular complexity index is 1300. The van der Waals surface area contributed by atoms with E-state index in [0.29, 0.717) is 21.5 Å². The fourth-order valence-corrected chi connectivity index (χ4v) is 4.47. The molecule has 0 amide bonds. The van der Waals surface area contributed by atoms with Gasteiger partial charge in [-0.05, 0) is 38.1 Å². The van der Waals surface area contributed by atoms with Gasteiger partial charge < -0.3 is 14.6 Å². The molecule has 0 saturated heterocycles. The maximum Gasteiger partial charge on any atom is 0.291 e. The topological polar surface area (TPSA) is 74.0 Å². The second-order valence-electron chi connectivity index (χ2n) is 6.88. The average Bonchev–Trinajstić information content (AvgIpc) is 3.38. The van der Waals surface area contributed by atoms with Gasteiger partial charge in [0.05, 0.1) is 35.2 Å². The first kappa shape index (κ1) is 21.4. The minimum absolute atomic E-state index is 0.203. The Labute approximate surface area is 192 Å². The van der Waals surface area contributed by atoms with Gasteiger partial charge in [-0.1, -0.05) is 23.2 Å². The maximum absolute atomic E-state index is 13.1. The number of benzene rings is 1. The van der Waals surface area contributed by atoms with E-state index in [9.17, 15) is 4.79 Å². The largest absolute Gasteiger partial charge is 0.494 e. The van der Waals surface area contributed by atoms with E-state index in [-0.39, 0.29) is 16.8 Å². The minimum Gasteiger partial charge on any atom is -0.494 e. The van der Waals surface area contributed by atoms with Gasteiger partial charge in [-0.3, -0.25) is 4.79 Å². The van der Waals surface area contributed by atoms with E-state index >= 15 is 0 Å². The molecule has 1 N–H and O–H groups in total. The molecule has 0 radical (unpaired) electrons. The van der Waals surface area contributed by atoms with Crippen molar-refractivity contribution in [1.82, 2.24) is 19.3 Å². The Hall–Kier alpha value is -2.81. The monoisotopic (exact) mass is 475 g/mol. The summed E-state index contributed by atoms with van der Waals surface area (Å²) in [4.78, 5) is 18.3. The molecule has 3 heterocycles. The van der Waals surface area contributed by atoms with Gasteiger partial charge in [0.25, 0.3) is 5.56 Å². The van der Waals surface area contributed by atoms with E-state index in [1.54, 1.807) is 19.5 Å². The van der Waals surface area contributed by atoms with E-state index < -0.39 is 0 Å². The van der Waals surface area contributed by atoms with Crippen LogP contribution in [0.5, 0.6) is 5.75 Å². The zero-order chi connectivity index (χ0) is 22.1. The molecule has 0 aliphatic carbocycles. The van der Waals surface area contributed by atoms with Crippen LogP contribution >= 0.6 is 34.5 Å². The number of imidazole rings is 1. The van der Waals surface area contributed by atoms with Gasteiger partial charge in [0.1, 0.15) is 11.4 Å². The lowest BCUT2D eigenvalue weighted by atomic mass is 10.2. The predicted octanol–water partition coefficient (Wildman–Crippen LogP) is 5.47. The molecule has 4 rings (SSSR count). The molecule has 7 nitrogen and oxygen atoms in total. The number of hydrogen-bond acceptors (Lipinski definition) is 6. The van der Waals surface area contributed by atoms with E-state index in [0.717, 1.165) is 16.3 Å². The lowest BCUT2D eigenvalue weighted by molar-refractivity contribution is 0.413. The summed E-state index contributed by atoms with van der Waals surface area (Å²) in [6.45, 7) is 3.80. The van der Waals surface area contributed by atoms with Gasteiger partial charge in [0, 0.05) is 28.9 Å². The van der Waals surface area contributed by atoms with Gasteiger partial charge in [0.15, 0.2) is 5.15 Å². The van der Waals surface area contributed by atoms with Crippen LogP contribution in [0.25, 0.3) is 5.69 Å². The van der Waals surface area contributed by atoms with Crippen molar-refractivity contribution in [2.24, 2.45) is 0 Å². The summed E-state index contributed by atoms with van der Waals surface area (Å²) in [5, 5.41) is 7.55. The van der Waals surface area contributed by atoms with Crippen molar-refractivity contribution in [2.75, 3.05) is 12.4 Å². The van der Waals surface area contributed by atoms with Crippen LogP contribution in [0.4, 0.5) is 11.4 Å². The van der Waals surface area contributed by atoms with Gasteiger partial charge in [-0.2, -0.15) is 5.10 Å². The van der Waals surface area contributed by atoms with E-state index in [4.69, 9.17) is 27.9 Å². The van der Waals surface area contributed by atoms with E-state index in [2.05, 4.69) is 15.4 Å². The second-order valence-corrected chi connectivity index (χ2v) is 9.02. The van der Waals surface area contributed by atoms with Crippen LogP contribution in [0.15, 0.2) is 53.7 Å². The third kappa shape index (κ3) is 4.46. The highest BCUT2D eigenvalue weighted by molar-refractivity contribution is 7.16. The number of aryl methyl sites for hydroxylation is 1. The molecule has 0 fully saturated rings. The molecule has 3 aromatic heterocycles. The summed E-state index contributed by atoms with van der Waals surface area (Å²) in [5.74, 6) is 0.629. The minimum atomic E-state index is -0.314. The first-order chi connectivity index (χ1) is 14.9. The average molecular weight is 476 g/mol. The van der Waals surface area contributed by atoms with Crippen molar-refractivity contribution in [3.8, 4) is 11.4 Å². The number of nitrogens with one attached hydrogen (secondary N) is 1. The van der Waals surface area contributed by atoms with Crippen LogP contribution in [-0.4, -0.2) is 26.4 Å². The summed E-state index contributed by atoms with van der Waals surface area (Å²) in [6.07, 6.45) is 3.63. The fraction of sp³-hybridized carbons (Fsp3) is 0.190. The molecule has 0 bridgehead atoms. The van der Waals surface area contributed by atoms with Gasteiger partial charge in [0.2, 0.25) is 0 Å². The van der Waals surface area contributed by atoms with E-state index in [1.165, 1.54) is 22.1 Å². The molecular weight excluding hydrogens is 457 g/mol.